The number of rotatable bonds is 6. The van der Waals surface area contributed by atoms with Crippen LogP contribution >= 0.6 is 11.6 Å². The maximum atomic E-state index is 12.7. The van der Waals surface area contributed by atoms with Gasteiger partial charge in [0, 0.05) is 30.2 Å². The Morgan fingerprint density at radius 3 is 2.71 bits per heavy atom. The van der Waals surface area contributed by atoms with E-state index in [0.29, 0.717) is 28.6 Å². The summed E-state index contributed by atoms with van der Waals surface area (Å²) < 4.78 is 11.0. The first-order valence-electron chi connectivity index (χ1n) is 10.1. The lowest BCUT2D eigenvalue weighted by Crippen LogP contribution is -2.43. The molecular formula is C21H26ClN3O3. The molecule has 4 rings (SSSR count). The number of hydrogen-bond acceptors (Lipinski definition) is 5. The van der Waals surface area contributed by atoms with Crippen molar-refractivity contribution in [2.75, 3.05) is 13.1 Å². The van der Waals surface area contributed by atoms with Gasteiger partial charge in [0.2, 0.25) is 0 Å². The largest absolute Gasteiger partial charge is 0.489 e. The van der Waals surface area contributed by atoms with Gasteiger partial charge in [-0.25, -0.2) is 0 Å². The number of carbonyl (C=O) groups excluding carboxylic acids is 1. The molecule has 0 unspecified atom stereocenters. The number of nitrogens with one attached hydrogen (secondary N) is 1. The van der Waals surface area contributed by atoms with E-state index in [0.717, 1.165) is 32.0 Å². The van der Waals surface area contributed by atoms with Crippen molar-refractivity contribution in [2.45, 2.75) is 57.2 Å². The normalized spacial score (nSPS) is 19.0. The fourth-order valence-corrected chi connectivity index (χ4v) is 4.36. The summed E-state index contributed by atoms with van der Waals surface area (Å²) in [6.45, 7) is 2.42. The fraction of sp³-hybridized carbons (Fsp3) is 0.524. The Bertz CT molecular complexity index is 782. The van der Waals surface area contributed by atoms with Crippen molar-refractivity contribution < 1.29 is 14.1 Å². The Morgan fingerprint density at radius 1 is 1.21 bits per heavy atom. The van der Waals surface area contributed by atoms with E-state index in [1.54, 1.807) is 24.3 Å². The third kappa shape index (κ3) is 4.67. The number of likely N-dealkylation sites (tertiary alicyclic amines) is 1. The highest BCUT2D eigenvalue weighted by atomic mass is 35.5. The van der Waals surface area contributed by atoms with Crippen LogP contribution in [-0.2, 0) is 6.54 Å². The second-order valence-electron chi connectivity index (χ2n) is 7.61. The number of aromatic nitrogens is 1. The summed E-state index contributed by atoms with van der Waals surface area (Å²) >= 11 is 6.13. The molecule has 1 saturated heterocycles. The first-order valence-corrected chi connectivity index (χ1v) is 10.4. The lowest BCUT2D eigenvalue weighted by molar-refractivity contribution is 0.0750. The van der Waals surface area contributed by atoms with Crippen molar-refractivity contribution in [2.24, 2.45) is 0 Å². The lowest BCUT2D eigenvalue weighted by Gasteiger charge is -2.36. The van der Waals surface area contributed by atoms with Crippen LogP contribution in [0, 0.1) is 0 Å². The van der Waals surface area contributed by atoms with Gasteiger partial charge < -0.3 is 19.5 Å². The Balaban J connectivity index is 1.37. The summed E-state index contributed by atoms with van der Waals surface area (Å²) in [4.78, 5) is 15.3. The molecule has 1 aliphatic heterocycles. The quantitative estimate of drug-likeness (QED) is 0.788. The number of hydrogen-bond donors (Lipinski definition) is 1. The molecule has 28 heavy (non-hydrogen) atoms. The number of nitrogens with zero attached hydrogens (tertiary/aromatic N) is 2. The molecule has 7 heteroatoms. The standard InChI is InChI=1S/C21H26ClN3O3/c22-15-5-6-20(19(13-15)21(26)23-14-16-9-12-27-24-16)28-18-7-10-25(11-8-18)17-3-1-2-4-17/h5-6,9,12-13,17-18H,1-4,7-8,10-11,14H2,(H,23,26). The summed E-state index contributed by atoms with van der Waals surface area (Å²) in [5.41, 5.74) is 1.12. The monoisotopic (exact) mass is 403 g/mol. The minimum atomic E-state index is -0.233. The van der Waals surface area contributed by atoms with Crippen LogP contribution in [0.2, 0.25) is 5.02 Å². The molecule has 1 aromatic heterocycles. The summed E-state index contributed by atoms with van der Waals surface area (Å²) in [7, 11) is 0. The third-order valence-electron chi connectivity index (χ3n) is 5.72. The smallest absolute Gasteiger partial charge is 0.255 e. The van der Waals surface area contributed by atoms with E-state index < -0.39 is 0 Å². The maximum Gasteiger partial charge on any atom is 0.255 e. The molecule has 1 aromatic carbocycles. The summed E-state index contributed by atoms with van der Waals surface area (Å²) in [5.74, 6) is 0.352. The average Bonchev–Trinajstić information content (AvgIpc) is 3.42. The van der Waals surface area contributed by atoms with Crippen molar-refractivity contribution in [1.82, 2.24) is 15.4 Å². The van der Waals surface area contributed by atoms with Crippen LogP contribution in [0.5, 0.6) is 5.75 Å². The fourth-order valence-electron chi connectivity index (χ4n) is 4.18. The van der Waals surface area contributed by atoms with Crippen LogP contribution in [-0.4, -0.2) is 41.2 Å². The number of piperidine rings is 1. The van der Waals surface area contributed by atoms with Crippen LogP contribution in [0.3, 0.4) is 0 Å². The Hall–Kier alpha value is -2.05. The maximum absolute atomic E-state index is 12.7. The molecule has 0 bridgehead atoms. The van der Waals surface area contributed by atoms with Crippen LogP contribution in [0.1, 0.15) is 54.6 Å². The van der Waals surface area contributed by atoms with Gasteiger partial charge in [0.1, 0.15) is 23.8 Å². The van der Waals surface area contributed by atoms with Gasteiger partial charge in [0.05, 0.1) is 12.1 Å². The van der Waals surface area contributed by atoms with E-state index in [9.17, 15) is 4.79 Å². The number of carbonyl (C=O) groups is 1. The molecule has 0 spiro atoms. The van der Waals surface area contributed by atoms with Crippen LogP contribution < -0.4 is 10.1 Å². The molecule has 2 fully saturated rings. The molecule has 2 aromatic rings. The molecule has 0 radical (unpaired) electrons. The van der Waals surface area contributed by atoms with Crippen molar-refractivity contribution >= 4 is 17.5 Å². The summed E-state index contributed by atoms with van der Waals surface area (Å²) in [6.07, 6.45) is 8.96. The van der Waals surface area contributed by atoms with Gasteiger partial charge in [0.15, 0.2) is 0 Å². The molecule has 150 valence electrons. The Labute approximate surface area is 170 Å². The second-order valence-corrected chi connectivity index (χ2v) is 8.04. The molecule has 2 heterocycles. The van der Waals surface area contributed by atoms with Crippen LogP contribution in [0.4, 0.5) is 0 Å². The van der Waals surface area contributed by atoms with Gasteiger partial charge in [-0.1, -0.05) is 29.6 Å². The molecule has 1 saturated carbocycles. The number of benzene rings is 1. The van der Waals surface area contributed by atoms with Gasteiger partial charge >= 0.3 is 0 Å². The average molecular weight is 404 g/mol. The van der Waals surface area contributed by atoms with E-state index >= 15 is 0 Å². The van der Waals surface area contributed by atoms with Crippen molar-refractivity contribution in [3.05, 3.63) is 46.8 Å². The lowest BCUT2D eigenvalue weighted by atomic mass is 10.0. The Kier molecular flexibility index (Phi) is 6.17. The van der Waals surface area contributed by atoms with Crippen LogP contribution in [0.25, 0.3) is 0 Å². The molecule has 1 aliphatic carbocycles. The molecule has 6 nitrogen and oxygen atoms in total. The number of ether oxygens (including phenoxy) is 1. The molecule has 1 N–H and O–H groups in total. The summed E-state index contributed by atoms with van der Waals surface area (Å²) in [6, 6.07) is 7.68. The SMILES string of the molecule is O=C(NCc1ccon1)c1cc(Cl)ccc1OC1CCN(C2CCCC2)CC1. The first-order chi connectivity index (χ1) is 13.7. The van der Waals surface area contributed by atoms with Gasteiger partial charge in [0.25, 0.3) is 5.91 Å². The highest BCUT2D eigenvalue weighted by molar-refractivity contribution is 6.31. The topological polar surface area (TPSA) is 67.6 Å². The van der Waals surface area contributed by atoms with E-state index in [2.05, 4.69) is 15.4 Å². The zero-order valence-corrected chi connectivity index (χ0v) is 16.7. The zero-order chi connectivity index (χ0) is 19.3. The Morgan fingerprint density at radius 2 is 2.00 bits per heavy atom. The third-order valence-corrected chi connectivity index (χ3v) is 5.95. The second kappa shape index (κ2) is 8.97. The van der Waals surface area contributed by atoms with E-state index in [-0.39, 0.29) is 12.0 Å². The highest BCUT2D eigenvalue weighted by Gasteiger charge is 2.28. The van der Waals surface area contributed by atoms with E-state index in [1.807, 2.05) is 0 Å². The van der Waals surface area contributed by atoms with Gasteiger partial charge in [-0.3, -0.25) is 4.79 Å². The van der Waals surface area contributed by atoms with E-state index in [1.165, 1.54) is 31.9 Å². The van der Waals surface area contributed by atoms with E-state index in [4.69, 9.17) is 20.9 Å². The van der Waals surface area contributed by atoms with Crippen molar-refractivity contribution in [3.8, 4) is 5.75 Å². The van der Waals surface area contributed by atoms with Crippen LogP contribution in [0.15, 0.2) is 35.1 Å². The molecular weight excluding hydrogens is 378 g/mol. The van der Waals surface area contributed by atoms with Crippen molar-refractivity contribution in [3.63, 3.8) is 0 Å². The number of amides is 1. The summed E-state index contributed by atoms with van der Waals surface area (Å²) in [5, 5.41) is 7.15. The molecule has 2 aliphatic rings. The van der Waals surface area contributed by atoms with Crippen molar-refractivity contribution in [1.29, 1.82) is 0 Å². The predicted octanol–water partition coefficient (Wildman–Crippen LogP) is 4.04. The minimum absolute atomic E-state index is 0.126. The predicted molar refractivity (Wildman–Crippen MR) is 107 cm³/mol. The first kappa shape index (κ1) is 19.3. The molecule has 1 amide bonds. The molecule has 0 atom stereocenters. The van der Waals surface area contributed by atoms with Gasteiger partial charge in [-0.05, 0) is 43.9 Å². The van der Waals surface area contributed by atoms with Gasteiger partial charge in [-0.2, -0.15) is 0 Å². The minimum Gasteiger partial charge on any atom is -0.489 e. The zero-order valence-electron chi connectivity index (χ0n) is 15.9. The van der Waals surface area contributed by atoms with Gasteiger partial charge in [-0.15, -0.1) is 0 Å². The highest BCUT2D eigenvalue weighted by Crippen LogP contribution is 2.29. The number of halogens is 1.